The van der Waals surface area contributed by atoms with Crippen molar-refractivity contribution in [1.29, 1.82) is 0 Å². The quantitative estimate of drug-likeness (QED) is 0.415. The molecule has 4 aromatic rings. The maximum absolute atomic E-state index is 13.1. The van der Waals surface area contributed by atoms with E-state index in [0.717, 1.165) is 15.9 Å². The van der Waals surface area contributed by atoms with Crippen LogP contribution in [0.2, 0.25) is 0 Å². The van der Waals surface area contributed by atoms with Gasteiger partial charge in [0.2, 0.25) is 5.91 Å². The summed E-state index contributed by atoms with van der Waals surface area (Å²) in [5, 5.41) is 4.49. The highest BCUT2D eigenvalue weighted by Crippen LogP contribution is 2.20. The lowest BCUT2D eigenvalue weighted by Crippen LogP contribution is -2.27. The van der Waals surface area contributed by atoms with Gasteiger partial charge in [0, 0.05) is 28.9 Å². The molecule has 0 aliphatic rings. The zero-order valence-corrected chi connectivity index (χ0v) is 18.4. The van der Waals surface area contributed by atoms with Crippen LogP contribution in [0.25, 0.3) is 11.3 Å². The molecule has 0 saturated heterocycles. The van der Waals surface area contributed by atoms with Gasteiger partial charge in [0.1, 0.15) is 12.4 Å². The van der Waals surface area contributed by atoms with Gasteiger partial charge in [-0.05, 0) is 48.5 Å². The minimum atomic E-state index is -3.80. The molecule has 0 aliphatic carbocycles. The molecule has 33 heavy (non-hydrogen) atoms. The number of rotatable bonds is 7. The molecule has 1 amide bonds. The van der Waals surface area contributed by atoms with Gasteiger partial charge in [-0.25, -0.2) is 22.8 Å². The Bertz CT molecular complexity index is 1440. The SMILES string of the molecule is O=C(Cn1cnc(-c2ccc(F)cc2)cc1=O)Nc1ccc(S(=O)(=O)Nc2nccs2)cc1. The first kappa shape index (κ1) is 22.3. The Morgan fingerprint density at radius 1 is 1.06 bits per heavy atom. The second-order valence-corrected chi connectivity index (χ2v) is 9.34. The number of anilines is 2. The van der Waals surface area contributed by atoms with Crippen molar-refractivity contribution >= 4 is 38.1 Å². The van der Waals surface area contributed by atoms with Gasteiger partial charge < -0.3 is 5.32 Å². The van der Waals surface area contributed by atoms with Gasteiger partial charge >= 0.3 is 0 Å². The highest BCUT2D eigenvalue weighted by Gasteiger charge is 2.15. The van der Waals surface area contributed by atoms with Crippen LogP contribution in [0.5, 0.6) is 0 Å². The summed E-state index contributed by atoms with van der Waals surface area (Å²) in [5.41, 5.74) is 0.843. The van der Waals surface area contributed by atoms with E-state index < -0.39 is 27.3 Å². The molecule has 0 bridgehead atoms. The summed E-state index contributed by atoms with van der Waals surface area (Å²) in [6.07, 6.45) is 2.72. The van der Waals surface area contributed by atoms with Crippen molar-refractivity contribution in [2.45, 2.75) is 11.4 Å². The van der Waals surface area contributed by atoms with Crippen LogP contribution in [0.4, 0.5) is 15.2 Å². The fraction of sp³-hybridized carbons (Fsp3) is 0.0476. The van der Waals surface area contributed by atoms with E-state index in [-0.39, 0.29) is 16.6 Å². The van der Waals surface area contributed by atoms with Crippen molar-refractivity contribution in [3.8, 4) is 11.3 Å². The van der Waals surface area contributed by atoms with E-state index in [0.29, 0.717) is 16.9 Å². The Morgan fingerprint density at radius 3 is 2.42 bits per heavy atom. The number of carbonyl (C=O) groups excluding carboxylic acids is 1. The molecule has 0 aliphatic heterocycles. The summed E-state index contributed by atoms with van der Waals surface area (Å²) in [6.45, 7) is -0.290. The Balaban J connectivity index is 1.40. The minimum absolute atomic E-state index is 0.00694. The molecule has 0 unspecified atom stereocenters. The molecule has 168 valence electrons. The molecule has 0 saturated carbocycles. The lowest BCUT2D eigenvalue weighted by Gasteiger charge is -2.09. The summed E-state index contributed by atoms with van der Waals surface area (Å²) in [5.74, 6) is -0.893. The number of thiazole rings is 1. The summed E-state index contributed by atoms with van der Waals surface area (Å²) >= 11 is 1.15. The van der Waals surface area contributed by atoms with E-state index in [2.05, 4.69) is 20.0 Å². The number of nitrogens with zero attached hydrogens (tertiary/aromatic N) is 3. The molecular formula is C21H16FN5O4S2. The minimum Gasteiger partial charge on any atom is -0.325 e. The van der Waals surface area contributed by atoms with Crippen LogP contribution in [0.15, 0.2) is 82.2 Å². The normalized spacial score (nSPS) is 11.2. The number of benzene rings is 2. The fourth-order valence-corrected chi connectivity index (χ4v) is 4.63. The van der Waals surface area contributed by atoms with Crippen molar-refractivity contribution in [2.75, 3.05) is 10.0 Å². The zero-order chi connectivity index (χ0) is 23.4. The predicted molar refractivity (Wildman–Crippen MR) is 122 cm³/mol. The van der Waals surface area contributed by atoms with Crippen LogP contribution in [0.3, 0.4) is 0 Å². The van der Waals surface area contributed by atoms with Crippen LogP contribution in [0, 0.1) is 5.82 Å². The molecule has 0 spiro atoms. The standard InChI is InChI=1S/C21H16FN5O4S2/c22-15-3-1-14(2-4-15)18-11-20(29)27(13-24-18)12-19(28)25-16-5-7-17(8-6-16)33(30,31)26-21-23-9-10-32-21/h1-11,13H,12H2,(H,23,26)(H,25,28). The van der Waals surface area contributed by atoms with Gasteiger partial charge in [0.05, 0.1) is 16.9 Å². The summed E-state index contributed by atoms with van der Waals surface area (Å²) in [6, 6.07) is 12.4. The highest BCUT2D eigenvalue weighted by atomic mass is 32.2. The monoisotopic (exact) mass is 485 g/mol. The molecule has 0 radical (unpaired) electrons. The Kier molecular flexibility index (Phi) is 6.29. The first-order chi connectivity index (χ1) is 15.8. The summed E-state index contributed by atoms with van der Waals surface area (Å²) in [4.78, 5) is 32.7. The first-order valence-electron chi connectivity index (χ1n) is 9.45. The van der Waals surface area contributed by atoms with Crippen molar-refractivity contribution in [3.05, 3.63) is 88.7 Å². The van der Waals surface area contributed by atoms with Gasteiger partial charge in [-0.3, -0.25) is 18.9 Å². The number of hydrogen-bond acceptors (Lipinski definition) is 7. The van der Waals surface area contributed by atoms with Gasteiger partial charge in [0.25, 0.3) is 15.6 Å². The van der Waals surface area contributed by atoms with Crippen LogP contribution >= 0.6 is 11.3 Å². The number of carbonyl (C=O) groups is 1. The third-order valence-electron chi connectivity index (χ3n) is 4.44. The smallest absolute Gasteiger partial charge is 0.263 e. The second kappa shape index (κ2) is 9.30. The molecule has 2 aromatic carbocycles. The summed E-state index contributed by atoms with van der Waals surface area (Å²) < 4.78 is 41.3. The largest absolute Gasteiger partial charge is 0.325 e. The van der Waals surface area contributed by atoms with Crippen molar-refractivity contribution in [2.24, 2.45) is 0 Å². The highest BCUT2D eigenvalue weighted by molar-refractivity contribution is 7.93. The molecule has 2 N–H and O–H groups in total. The van der Waals surface area contributed by atoms with Crippen LogP contribution < -0.4 is 15.6 Å². The lowest BCUT2D eigenvalue weighted by molar-refractivity contribution is -0.116. The van der Waals surface area contributed by atoms with Gasteiger partial charge in [-0.15, -0.1) is 11.3 Å². The Morgan fingerprint density at radius 2 is 1.79 bits per heavy atom. The fourth-order valence-electron chi connectivity index (χ4n) is 2.84. The number of sulfonamides is 1. The molecular weight excluding hydrogens is 469 g/mol. The number of halogens is 1. The molecule has 2 aromatic heterocycles. The van der Waals surface area contributed by atoms with E-state index in [9.17, 15) is 22.4 Å². The van der Waals surface area contributed by atoms with E-state index in [1.54, 1.807) is 5.38 Å². The second-order valence-electron chi connectivity index (χ2n) is 6.76. The molecule has 0 fully saturated rings. The van der Waals surface area contributed by atoms with Crippen molar-refractivity contribution in [1.82, 2.24) is 14.5 Å². The number of aromatic nitrogens is 3. The Labute approximate surface area is 191 Å². The van der Waals surface area contributed by atoms with E-state index in [1.807, 2.05) is 0 Å². The maximum atomic E-state index is 13.1. The van der Waals surface area contributed by atoms with Gasteiger partial charge in [0.15, 0.2) is 5.13 Å². The molecule has 9 nitrogen and oxygen atoms in total. The molecule has 2 heterocycles. The topological polar surface area (TPSA) is 123 Å². The number of amides is 1. The van der Waals surface area contributed by atoms with Crippen molar-refractivity contribution < 1.29 is 17.6 Å². The summed E-state index contributed by atoms with van der Waals surface area (Å²) in [7, 11) is -3.80. The van der Waals surface area contributed by atoms with Crippen LogP contribution in [0.1, 0.15) is 0 Å². The van der Waals surface area contributed by atoms with E-state index in [4.69, 9.17) is 0 Å². The van der Waals surface area contributed by atoms with Crippen molar-refractivity contribution in [3.63, 3.8) is 0 Å². The predicted octanol–water partition coefficient (Wildman–Crippen LogP) is 2.95. The molecule has 4 rings (SSSR count). The van der Waals surface area contributed by atoms with E-state index in [1.165, 1.54) is 67.1 Å². The number of nitrogens with one attached hydrogen (secondary N) is 2. The average Bonchev–Trinajstić information content (AvgIpc) is 3.28. The van der Waals surface area contributed by atoms with E-state index >= 15 is 0 Å². The number of hydrogen-bond donors (Lipinski definition) is 2. The molecule has 12 heteroatoms. The zero-order valence-electron chi connectivity index (χ0n) is 16.8. The lowest BCUT2D eigenvalue weighted by atomic mass is 10.1. The first-order valence-corrected chi connectivity index (χ1v) is 11.8. The van der Waals surface area contributed by atoms with Gasteiger partial charge in [-0.2, -0.15) is 0 Å². The third kappa shape index (κ3) is 5.48. The molecule has 0 atom stereocenters. The Hall–Kier alpha value is -3.90. The third-order valence-corrected chi connectivity index (χ3v) is 6.61. The maximum Gasteiger partial charge on any atom is 0.263 e. The average molecular weight is 486 g/mol. The van der Waals surface area contributed by atoms with Crippen LogP contribution in [-0.4, -0.2) is 28.9 Å². The van der Waals surface area contributed by atoms with Gasteiger partial charge in [-0.1, -0.05) is 0 Å². The van der Waals surface area contributed by atoms with Crippen LogP contribution in [-0.2, 0) is 21.4 Å².